The number of non-ortho nitro benzene ring substituents is 1. The molecule has 0 radical (unpaired) electrons. The van der Waals surface area contributed by atoms with Gasteiger partial charge in [-0.25, -0.2) is 0 Å². The highest BCUT2D eigenvalue weighted by Crippen LogP contribution is 2.16. The summed E-state index contributed by atoms with van der Waals surface area (Å²) in [5, 5.41) is 10.8. The summed E-state index contributed by atoms with van der Waals surface area (Å²) in [6.07, 6.45) is 1.55. The molecule has 0 spiro atoms. The average Bonchev–Trinajstić information content (AvgIpc) is 2.82. The number of para-hydroxylation sites is 2. The molecule has 1 heterocycles. The number of hydrogen-bond donors (Lipinski definition) is 0. The summed E-state index contributed by atoms with van der Waals surface area (Å²) < 4.78 is 7.18. The van der Waals surface area contributed by atoms with Gasteiger partial charge in [0.15, 0.2) is 0 Å². The van der Waals surface area contributed by atoms with Crippen molar-refractivity contribution in [1.29, 1.82) is 0 Å². The lowest BCUT2D eigenvalue weighted by Gasteiger charge is -1.93. The Labute approximate surface area is 102 Å². The van der Waals surface area contributed by atoms with Gasteiger partial charge in [-0.1, -0.05) is 12.1 Å². The molecule has 88 valence electrons. The number of nitrogens with zero attached hydrogens (tertiary/aromatic N) is 2. The van der Waals surface area contributed by atoms with E-state index in [0.717, 1.165) is 11.1 Å². The zero-order chi connectivity index (χ0) is 12.5. The normalized spacial score (nSPS) is 10.7. The molecule has 0 aliphatic heterocycles. The van der Waals surface area contributed by atoms with Crippen LogP contribution in [-0.2, 0) is 0 Å². The maximum absolute atomic E-state index is 10.8. The fraction of sp³-hybridized carbons (Fsp3) is 0. The Morgan fingerprint density at radius 3 is 2.78 bits per heavy atom. The van der Waals surface area contributed by atoms with Gasteiger partial charge in [-0.15, -0.1) is 4.57 Å². The summed E-state index contributed by atoms with van der Waals surface area (Å²) in [5.74, 6) is 0. The SMILES string of the molecule is O=[N+]([O-])c1cccc(-[n+]2coc3ccccc32)c1. The first-order chi connectivity index (χ1) is 8.75. The van der Waals surface area contributed by atoms with Crippen molar-refractivity contribution >= 4 is 16.8 Å². The van der Waals surface area contributed by atoms with E-state index in [1.165, 1.54) is 12.1 Å². The molecule has 2 aromatic carbocycles. The molecule has 3 aromatic rings. The fourth-order valence-corrected chi connectivity index (χ4v) is 1.88. The minimum Gasteiger partial charge on any atom is -0.403 e. The molecule has 0 saturated heterocycles. The predicted molar refractivity (Wildman–Crippen MR) is 64.4 cm³/mol. The van der Waals surface area contributed by atoms with Crippen LogP contribution in [0.15, 0.2) is 59.3 Å². The molecule has 0 amide bonds. The quantitative estimate of drug-likeness (QED) is 0.393. The van der Waals surface area contributed by atoms with Gasteiger partial charge < -0.3 is 4.42 Å². The molecular weight excluding hydrogens is 232 g/mol. The number of rotatable bonds is 2. The molecule has 0 aliphatic rings. The molecular formula is C13H9N2O3+. The molecule has 0 unspecified atom stereocenters. The minimum absolute atomic E-state index is 0.0604. The van der Waals surface area contributed by atoms with Gasteiger partial charge in [-0.2, -0.15) is 0 Å². The van der Waals surface area contributed by atoms with Crippen molar-refractivity contribution in [3.8, 4) is 5.69 Å². The smallest absolute Gasteiger partial charge is 0.341 e. The zero-order valence-corrected chi connectivity index (χ0v) is 9.32. The molecule has 5 nitrogen and oxygen atoms in total. The van der Waals surface area contributed by atoms with Gasteiger partial charge in [-0.05, 0) is 12.1 Å². The van der Waals surface area contributed by atoms with E-state index in [1.54, 1.807) is 23.1 Å². The van der Waals surface area contributed by atoms with Crippen molar-refractivity contribution in [3.05, 3.63) is 65.0 Å². The predicted octanol–water partition coefficient (Wildman–Crippen LogP) is 2.62. The molecule has 0 N–H and O–H groups in total. The van der Waals surface area contributed by atoms with Crippen molar-refractivity contribution in [2.45, 2.75) is 0 Å². The Bertz CT molecular complexity index is 734. The number of nitro benzene ring substituents is 1. The average molecular weight is 241 g/mol. The van der Waals surface area contributed by atoms with Gasteiger partial charge in [-0.3, -0.25) is 10.1 Å². The van der Waals surface area contributed by atoms with E-state index >= 15 is 0 Å². The van der Waals surface area contributed by atoms with E-state index in [4.69, 9.17) is 4.42 Å². The summed E-state index contributed by atoms with van der Waals surface area (Å²) >= 11 is 0. The van der Waals surface area contributed by atoms with Gasteiger partial charge in [0.1, 0.15) is 0 Å². The first-order valence-corrected chi connectivity index (χ1v) is 5.38. The molecule has 18 heavy (non-hydrogen) atoms. The number of nitro groups is 1. The highest BCUT2D eigenvalue weighted by Gasteiger charge is 2.18. The van der Waals surface area contributed by atoms with Gasteiger partial charge in [0.2, 0.25) is 11.3 Å². The van der Waals surface area contributed by atoms with Crippen LogP contribution in [0.3, 0.4) is 0 Å². The van der Waals surface area contributed by atoms with E-state index in [2.05, 4.69) is 0 Å². The maximum Gasteiger partial charge on any atom is 0.341 e. The van der Waals surface area contributed by atoms with E-state index < -0.39 is 4.92 Å². The largest absolute Gasteiger partial charge is 0.403 e. The van der Waals surface area contributed by atoms with Crippen LogP contribution in [0.4, 0.5) is 5.69 Å². The van der Waals surface area contributed by atoms with E-state index in [9.17, 15) is 10.1 Å². The summed E-state index contributed by atoms with van der Waals surface area (Å²) in [4.78, 5) is 10.3. The van der Waals surface area contributed by atoms with Crippen molar-refractivity contribution in [3.63, 3.8) is 0 Å². The second-order valence-corrected chi connectivity index (χ2v) is 3.84. The van der Waals surface area contributed by atoms with Crippen LogP contribution in [0, 0.1) is 10.1 Å². The third-order valence-corrected chi connectivity index (χ3v) is 2.73. The molecule has 0 atom stereocenters. The number of benzene rings is 2. The molecule has 0 fully saturated rings. The fourth-order valence-electron chi connectivity index (χ4n) is 1.88. The molecule has 3 rings (SSSR count). The lowest BCUT2D eigenvalue weighted by atomic mass is 10.2. The van der Waals surface area contributed by atoms with Crippen molar-refractivity contribution in [2.24, 2.45) is 0 Å². The van der Waals surface area contributed by atoms with Crippen LogP contribution < -0.4 is 4.57 Å². The molecule has 1 aromatic heterocycles. The number of hydrogen-bond acceptors (Lipinski definition) is 3. The lowest BCUT2D eigenvalue weighted by molar-refractivity contribution is -0.573. The highest BCUT2D eigenvalue weighted by atomic mass is 16.6. The van der Waals surface area contributed by atoms with Gasteiger partial charge in [0, 0.05) is 18.2 Å². The zero-order valence-electron chi connectivity index (χ0n) is 9.32. The highest BCUT2D eigenvalue weighted by molar-refractivity contribution is 5.68. The Balaban J connectivity index is 2.20. The van der Waals surface area contributed by atoms with Crippen molar-refractivity contribution in [2.75, 3.05) is 0 Å². The molecule has 0 aliphatic carbocycles. The minimum atomic E-state index is -0.410. The van der Waals surface area contributed by atoms with E-state index in [-0.39, 0.29) is 5.69 Å². The van der Waals surface area contributed by atoms with Crippen LogP contribution in [0.1, 0.15) is 0 Å². The Morgan fingerprint density at radius 2 is 1.94 bits per heavy atom. The summed E-state index contributed by atoms with van der Waals surface area (Å²) in [5.41, 5.74) is 2.38. The van der Waals surface area contributed by atoms with Crippen LogP contribution in [0.5, 0.6) is 0 Å². The first kappa shape index (κ1) is 10.5. The van der Waals surface area contributed by atoms with Crippen LogP contribution in [0.2, 0.25) is 0 Å². The van der Waals surface area contributed by atoms with Gasteiger partial charge >= 0.3 is 6.39 Å². The number of oxazole rings is 1. The molecule has 5 heteroatoms. The molecule has 0 bridgehead atoms. The number of aromatic nitrogens is 1. The van der Waals surface area contributed by atoms with Gasteiger partial charge in [0.25, 0.3) is 11.2 Å². The van der Waals surface area contributed by atoms with Crippen LogP contribution in [-0.4, -0.2) is 4.92 Å². The van der Waals surface area contributed by atoms with Crippen molar-refractivity contribution < 1.29 is 13.9 Å². The second-order valence-electron chi connectivity index (χ2n) is 3.84. The van der Waals surface area contributed by atoms with Crippen LogP contribution >= 0.6 is 0 Å². The first-order valence-electron chi connectivity index (χ1n) is 5.38. The van der Waals surface area contributed by atoms with Crippen molar-refractivity contribution in [1.82, 2.24) is 0 Å². The summed E-state index contributed by atoms with van der Waals surface area (Å²) in [6, 6.07) is 14.0. The monoisotopic (exact) mass is 241 g/mol. The van der Waals surface area contributed by atoms with E-state index in [0.29, 0.717) is 5.69 Å². The Kier molecular flexibility index (Phi) is 2.30. The third kappa shape index (κ3) is 1.62. The summed E-state index contributed by atoms with van der Waals surface area (Å²) in [7, 11) is 0. The Hall–Kier alpha value is -2.69. The lowest BCUT2D eigenvalue weighted by Crippen LogP contribution is -2.28. The standard InChI is InChI=1S/C13H9N2O3/c16-15(17)11-5-3-4-10(8-11)14-9-18-13-7-2-1-6-12(13)14/h1-9H/q+1. The molecule has 0 saturated carbocycles. The topological polar surface area (TPSA) is 60.2 Å². The second kappa shape index (κ2) is 3.96. The van der Waals surface area contributed by atoms with Crippen LogP contribution in [0.25, 0.3) is 16.8 Å². The number of fused-ring (bicyclic) bond motifs is 1. The third-order valence-electron chi connectivity index (χ3n) is 2.73. The van der Waals surface area contributed by atoms with Gasteiger partial charge in [0.05, 0.1) is 11.0 Å². The maximum atomic E-state index is 10.8. The summed E-state index contributed by atoms with van der Waals surface area (Å²) in [6.45, 7) is 0. The Morgan fingerprint density at radius 1 is 1.11 bits per heavy atom. The van der Waals surface area contributed by atoms with E-state index in [1.807, 2.05) is 24.3 Å².